The van der Waals surface area contributed by atoms with E-state index in [-0.39, 0.29) is 17.9 Å². The van der Waals surface area contributed by atoms with Crippen LogP contribution in [0.1, 0.15) is 63.4 Å². The maximum absolute atomic E-state index is 12.9. The van der Waals surface area contributed by atoms with Crippen molar-refractivity contribution in [2.24, 2.45) is 5.92 Å². The van der Waals surface area contributed by atoms with Gasteiger partial charge in [0.05, 0.1) is 17.9 Å². The number of carbonyl (C=O) groups excluding carboxylic acids is 1. The molecule has 0 saturated carbocycles. The zero-order chi connectivity index (χ0) is 17.8. The van der Waals surface area contributed by atoms with Crippen LogP contribution in [0.2, 0.25) is 0 Å². The number of imidazole rings is 1. The van der Waals surface area contributed by atoms with Gasteiger partial charge in [0.1, 0.15) is 5.82 Å². The summed E-state index contributed by atoms with van der Waals surface area (Å²) in [6, 6.07) is 8.52. The topological polar surface area (TPSA) is 49.0 Å². The second kappa shape index (κ2) is 7.85. The molecule has 1 saturated heterocycles. The van der Waals surface area contributed by atoms with Gasteiger partial charge in [-0.1, -0.05) is 50.1 Å². The van der Waals surface area contributed by atoms with Crippen LogP contribution < -0.4 is 0 Å². The van der Waals surface area contributed by atoms with E-state index in [1.165, 1.54) is 5.56 Å². The molecule has 2 aromatic rings. The van der Waals surface area contributed by atoms with Crippen molar-refractivity contribution < 1.29 is 4.79 Å². The Kier molecular flexibility index (Phi) is 5.57. The van der Waals surface area contributed by atoms with Crippen LogP contribution in [-0.4, -0.2) is 27.3 Å². The van der Waals surface area contributed by atoms with E-state index in [4.69, 9.17) is 0 Å². The highest BCUT2D eigenvalue weighted by molar-refractivity contribution is 5.79. The van der Waals surface area contributed by atoms with Gasteiger partial charge in [0, 0.05) is 12.5 Å². The number of rotatable bonds is 5. The largest absolute Gasteiger partial charge is 0.340 e. The number of piperidine rings is 1. The molecule has 25 heavy (non-hydrogen) atoms. The molecule has 0 spiro atoms. The molecule has 1 aliphatic rings. The van der Waals surface area contributed by atoms with E-state index >= 15 is 0 Å². The molecular weight excluding hydrogens is 310 g/mol. The van der Waals surface area contributed by atoms with Crippen molar-refractivity contribution in [3.63, 3.8) is 0 Å². The highest BCUT2D eigenvalue weighted by Gasteiger charge is 2.32. The lowest BCUT2D eigenvalue weighted by Gasteiger charge is -2.36. The molecule has 2 heterocycles. The predicted molar refractivity (Wildman–Crippen MR) is 101 cm³/mol. The van der Waals surface area contributed by atoms with Crippen molar-refractivity contribution in [1.29, 1.82) is 0 Å². The highest BCUT2D eigenvalue weighted by atomic mass is 16.2. The van der Waals surface area contributed by atoms with E-state index in [1.54, 1.807) is 0 Å². The highest BCUT2D eigenvalue weighted by Crippen LogP contribution is 2.32. The third-order valence-electron chi connectivity index (χ3n) is 5.20. The van der Waals surface area contributed by atoms with Crippen LogP contribution in [0.5, 0.6) is 0 Å². The number of hydrogen-bond donors (Lipinski definition) is 1. The van der Waals surface area contributed by atoms with E-state index in [0.29, 0.717) is 0 Å². The van der Waals surface area contributed by atoms with Gasteiger partial charge in [0.25, 0.3) is 0 Å². The molecule has 4 nitrogen and oxygen atoms in total. The fourth-order valence-corrected chi connectivity index (χ4v) is 3.70. The summed E-state index contributed by atoms with van der Waals surface area (Å²) in [5.74, 6) is 1.30. The van der Waals surface area contributed by atoms with Crippen molar-refractivity contribution in [1.82, 2.24) is 14.9 Å². The van der Waals surface area contributed by atoms with Crippen LogP contribution in [0.4, 0.5) is 0 Å². The first-order valence-corrected chi connectivity index (χ1v) is 9.52. The summed E-state index contributed by atoms with van der Waals surface area (Å²) in [6.45, 7) is 7.12. The first-order chi connectivity index (χ1) is 12.1. The first-order valence-electron chi connectivity index (χ1n) is 9.52. The van der Waals surface area contributed by atoms with Crippen LogP contribution in [-0.2, 0) is 4.79 Å². The van der Waals surface area contributed by atoms with Crippen molar-refractivity contribution in [3.8, 4) is 11.3 Å². The number of amides is 1. The number of aromatic amines is 1. The Labute approximate surface area is 150 Å². The minimum atomic E-state index is 0.0831. The molecule has 1 aliphatic heterocycles. The first kappa shape index (κ1) is 17.7. The zero-order valence-corrected chi connectivity index (χ0v) is 15.6. The summed E-state index contributed by atoms with van der Waals surface area (Å²) >= 11 is 0. The fraction of sp³-hybridized carbons (Fsp3) is 0.524. The van der Waals surface area contributed by atoms with Gasteiger partial charge in [-0.25, -0.2) is 4.98 Å². The average Bonchev–Trinajstić information content (AvgIpc) is 3.12. The maximum Gasteiger partial charge on any atom is 0.226 e. The monoisotopic (exact) mass is 339 g/mol. The van der Waals surface area contributed by atoms with E-state index < -0.39 is 0 Å². The molecule has 0 radical (unpaired) electrons. The molecule has 0 aliphatic carbocycles. The van der Waals surface area contributed by atoms with E-state index in [1.807, 2.05) is 6.20 Å². The van der Waals surface area contributed by atoms with Crippen molar-refractivity contribution in [3.05, 3.63) is 41.9 Å². The van der Waals surface area contributed by atoms with Gasteiger partial charge in [0.2, 0.25) is 5.91 Å². The van der Waals surface area contributed by atoms with Gasteiger partial charge in [-0.05, 0) is 38.2 Å². The summed E-state index contributed by atoms with van der Waals surface area (Å²) in [7, 11) is 0. The lowest BCUT2D eigenvalue weighted by Crippen LogP contribution is -2.41. The second-order valence-corrected chi connectivity index (χ2v) is 7.28. The Hall–Kier alpha value is -2.10. The van der Waals surface area contributed by atoms with Gasteiger partial charge in [-0.2, -0.15) is 0 Å². The molecule has 1 aromatic carbocycles. The molecule has 1 fully saturated rings. The number of H-pyrrole nitrogens is 1. The van der Waals surface area contributed by atoms with Crippen molar-refractivity contribution >= 4 is 5.91 Å². The SMILES string of the molecule is CCCC(C)C(=O)N1CCCCC1c1ncc(-c2ccc(C)cc2)[nH]1. The normalized spacial score (nSPS) is 19.0. The third-order valence-corrected chi connectivity index (χ3v) is 5.20. The van der Waals surface area contributed by atoms with E-state index in [0.717, 1.165) is 55.7 Å². The van der Waals surface area contributed by atoms with Crippen LogP contribution >= 0.6 is 0 Å². The number of hydrogen-bond acceptors (Lipinski definition) is 2. The molecule has 2 atom stereocenters. The molecule has 1 aromatic heterocycles. The summed E-state index contributed by atoms with van der Waals surface area (Å²) in [4.78, 5) is 23.0. The maximum atomic E-state index is 12.9. The van der Waals surface area contributed by atoms with Gasteiger partial charge in [0.15, 0.2) is 0 Å². The van der Waals surface area contributed by atoms with Gasteiger partial charge >= 0.3 is 0 Å². The standard InChI is InChI=1S/C21H29N3O/c1-4-7-16(3)21(25)24-13-6-5-8-19(24)20-22-14-18(23-20)17-11-9-15(2)10-12-17/h9-12,14,16,19H,4-8,13H2,1-3H3,(H,22,23). The molecular formula is C21H29N3O. The van der Waals surface area contributed by atoms with Gasteiger partial charge in [-0.15, -0.1) is 0 Å². The van der Waals surface area contributed by atoms with Crippen LogP contribution in [0, 0.1) is 12.8 Å². The number of aryl methyl sites for hydroxylation is 1. The summed E-state index contributed by atoms with van der Waals surface area (Å²) in [5.41, 5.74) is 3.41. The Morgan fingerprint density at radius 2 is 2.08 bits per heavy atom. The fourth-order valence-electron chi connectivity index (χ4n) is 3.70. The summed E-state index contributed by atoms with van der Waals surface area (Å²) < 4.78 is 0. The number of nitrogens with zero attached hydrogens (tertiary/aromatic N) is 2. The number of aromatic nitrogens is 2. The van der Waals surface area contributed by atoms with Gasteiger partial charge in [-0.3, -0.25) is 4.79 Å². The van der Waals surface area contributed by atoms with Gasteiger partial charge < -0.3 is 9.88 Å². The number of benzene rings is 1. The Morgan fingerprint density at radius 3 is 2.80 bits per heavy atom. The van der Waals surface area contributed by atoms with Crippen molar-refractivity contribution in [2.45, 2.75) is 58.9 Å². The van der Waals surface area contributed by atoms with E-state index in [9.17, 15) is 4.79 Å². The smallest absolute Gasteiger partial charge is 0.226 e. The number of carbonyl (C=O) groups is 1. The van der Waals surface area contributed by atoms with Crippen LogP contribution in [0.15, 0.2) is 30.5 Å². The molecule has 1 amide bonds. The average molecular weight is 339 g/mol. The zero-order valence-electron chi connectivity index (χ0n) is 15.6. The second-order valence-electron chi connectivity index (χ2n) is 7.28. The lowest BCUT2D eigenvalue weighted by molar-refractivity contribution is -0.139. The molecule has 1 N–H and O–H groups in total. The summed E-state index contributed by atoms with van der Waals surface area (Å²) in [5, 5.41) is 0. The minimum Gasteiger partial charge on any atom is -0.340 e. The van der Waals surface area contributed by atoms with Crippen LogP contribution in [0.3, 0.4) is 0 Å². The lowest BCUT2D eigenvalue weighted by atomic mass is 9.97. The molecule has 0 bridgehead atoms. The Morgan fingerprint density at radius 1 is 1.32 bits per heavy atom. The molecule has 2 unspecified atom stereocenters. The Balaban J connectivity index is 1.81. The van der Waals surface area contributed by atoms with E-state index in [2.05, 4.69) is 59.9 Å². The van der Waals surface area contributed by atoms with Crippen LogP contribution in [0.25, 0.3) is 11.3 Å². The quantitative estimate of drug-likeness (QED) is 0.844. The minimum absolute atomic E-state index is 0.0831. The molecule has 4 heteroatoms. The predicted octanol–water partition coefficient (Wildman–Crippen LogP) is 4.87. The third kappa shape index (κ3) is 3.94. The molecule has 3 rings (SSSR count). The molecule has 134 valence electrons. The number of likely N-dealkylation sites (tertiary alicyclic amines) is 1. The van der Waals surface area contributed by atoms with Crippen molar-refractivity contribution in [2.75, 3.05) is 6.54 Å². The summed E-state index contributed by atoms with van der Waals surface area (Å²) in [6.07, 6.45) is 7.13. The number of nitrogens with one attached hydrogen (secondary N) is 1. The Bertz CT molecular complexity index is 704.